The van der Waals surface area contributed by atoms with E-state index in [1.54, 1.807) is 14.2 Å². The van der Waals surface area contributed by atoms with Crippen molar-refractivity contribution in [1.29, 1.82) is 0 Å². The second-order valence-electron chi connectivity index (χ2n) is 4.28. The van der Waals surface area contributed by atoms with Crippen molar-refractivity contribution in [3.63, 3.8) is 0 Å². The van der Waals surface area contributed by atoms with Gasteiger partial charge >= 0.3 is 0 Å². The fraction of sp³-hybridized carbons (Fsp3) is 0.429. The minimum absolute atomic E-state index is 0.388. The summed E-state index contributed by atoms with van der Waals surface area (Å²) < 4.78 is 10.5. The molecule has 0 bridgehead atoms. The molecule has 0 aliphatic rings. The first kappa shape index (κ1) is 14.9. The molecule has 0 unspecified atom stereocenters. The maximum atomic E-state index is 6.31. The maximum Gasteiger partial charge on any atom is 0.179 e. The van der Waals surface area contributed by atoms with Gasteiger partial charge in [0.05, 0.1) is 19.2 Å². The fourth-order valence-corrected chi connectivity index (χ4v) is 1.96. The van der Waals surface area contributed by atoms with Crippen molar-refractivity contribution < 1.29 is 9.47 Å². The molecule has 0 saturated heterocycles. The third-order valence-electron chi connectivity index (χ3n) is 2.83. The van der Waals surface area contributed by atoms with Crippen LogP contribution in [-0.4, -0.2) is 20.8 Å². The van der Waals surface area contributed by atoms with Crippen molar-refractivity contribution in [3.05, 3.63) is 28.3 Å². The third kappa shape index (κ3) is 3.18. The highest BCUT2D eigenvalue weighted by atomic mass is 35.5. The standard InChI is InChI=1S/C14H20ClNO2/c1-9(2)11(8-16)7-10-5-6-12(17-3)14(18-4)13(10)15/h5-7,9H,8,16H2,1-4H3. The van der Waals surface area contributed by atoms with Crippen LogP contribution in [0, 0.1) is 5.92 Å². The predicted molar refractivity (Wildman–Crippen MR) is 76.4 cm³/mol. The van der Waals surface area contributed by atoms with Crippen LogP contribution in [0.3, 0.4) is 0 Å². The molecule has 0 aliphatic carbocycles. The summed E-state index contributed by atoms with van der Waals surface area (Å²) in [6.07, 6.45) is 2.01. The molecule has 2 N–H and O–H groups in total. The Bertz CT molecular complexity index is 442. The first-order valence-corrected chi connectivity index (χ1v) is 6.23. The van der Waals surface area contributed by atoms with Gasteiger partial charge in [-0.05, 0) is 23.6 Å². The number of nitrogens with two attached hydrogens (primary N) is 1. The lowest BCUT2D eigenvalue weighted by Crippen LogP contribution is -2.08. The Kier molecular flexibility index (Phi) is 5.51. The van der Waals surface area contributed by atoms with E-state index in [0.29, 0.717) is 29.0 Å². The summed E-state index contributed by atoms with van der Waals surface area (Å²) in [6, 6.07) is 3.74. The van der Waals surface area contributed by atoms with Crippen LogP contribution in [0.4, 0.5) is 0 Å². The Morgan fingerprint density at radius 1 is 1.33 bits per heavy atom. The molecule has 1 rings (SSSR count). The van der Waals surface area contributed by atoms with E-state index in [2.05, 4.69) is 13.8 Å². The number of hydrogen-bond acceptors (Lipinski definition) is 3. The van der Waals surface area contributed by atoms with Gasteiger partial charge in [-0.3, -0.25) is 0 Å². The van der Waals surface area contributed by atoms with Crippen LogP contribution in [0.15, 0.2) is 17.7 Å². The van der Waals surface area contributed by atoms with Gasteiger partial charge < -0.3 is 15.2 Å². The van der Waals surface area contributed by atoms with Gasteiger partial charge in [0, 0.05) is 6.54 Å². The molecule has 1 aromatic carbocycles. The third-order valence-corrected chi connectivity index (χ3v) is 3.22. The molecule has 100 valence electrons. The van der Waals surface area contributed by atoms with Crippen LogP contribution >= 0.6 is 11.6 Å². The molecule has 0 heterocycles. The molecule has 3 nitrogen and oxygen atoms in total. The number of benzene rings is 1. The summed E-state index contributed by atoms with van der Waals surface area (Å²) in [5.74, 6) is 1.56. The highest BCUT2D eigenvalue weighted by molar-refractivity contribution is 6.33. The van der Waals surface area contributed by atoms with Crippen molar-refractivity contribution in [1.82, 2.24) is 0 Å². The first-order valence-electron chi connectivity index (χ1n) is 5.86. The summed E-state index contributed by atoms with van der Waals surface area (Å²) in [6.45, 7) is 4.73. The fourth-order valence-electron chi connectivity index (χ4n) is 1.68. The van der Waals surface area contributed by atoms with E-state index >= 15 is 0 Å². The summed E-state index contributed by atoms with van der Waals surface area (Å²) >= 11 is 6.31. The average Bonchev–Trinajstić information content (AvgIpc) is 2.36. The van der Waals surface area contributed by atoms with Crippen molar-refractivity contribution >= 4 is 17.7 Å². The summed E-state index contributed by atoms with van der Waals surface area (Å²) in [7, 11) is 3.16. The number of halogens is 1. The van der Waals surface area contributed by atoms with Crippen LogP contribution in [0.25, 0.3) is 6.08 Å². The highest BCUT2D eigenvalue weighted by Gasteiger charge is 2.12. The second kappa shape index (κ2) is 6.66. The zero-order valence-corrected chi connectivity index (χ0v) is 12.0. The molecule has 0 fully saturated rings. The summed E-state index contributed by atoms with van der Waals surface area (Å²) in [5, 5.41) is 0.545. The van der Waals surface area contributed by atoms with Crippen LogP contribution < -0.4 is 15.2 Å². The first-order chi connectivity index (χ1) is 8.54. The molecular weight excluding hydrogens is 250 g/mol. The SMILES string of the molecule is COc1ccc(C=C(CN)C(C)C)c(Cl)c1OC. The predicted octanol–water partition coefficient (Wildman–Crippen LogP) is 3.36. The van der Waals surface area contributed by atoms with Crippen LogP contribution in [0.5, 0.6) is 11.5 Å². The monoisotopic (exact) mass is 269 g/mol. The number of rotatable bonds is 5. The molecule has 0 spiro atoms. The Labute approximate surface area is 114 Å². The van der Waals surface area contributed by atoms with Crippen molar-refractivity contribution in [2.75, 3.05) is 20.8 Å². The van der Waals surface area contributed by atoms with Gasteiger partial charge in [0.25, 0.3) is 0 Å². The molecule has 0 aliphatic heterocycles. The molecule has 18 heavy (non-hydrogen) atoms. The van der Waals surface area contributed by atoms with E-state index in [-0.39, 0.29) is 0 Å². The molecule has 0 aromatic heterocycles. The molecule has 0 saturated carbocycles. The van der Waals surface area contributed by atoms with Crippen molar-refractivity contribution in [2.45, 2.75) is 13.8 Å². The zero-order chi connectivity index (χ0) is 13.7. The Morgan fingerprint density at radius 2 is 2.00 bits per heavy atom. The number of ether oxygens (including phenoxy) is 2. The molecule has 4 heteroatoms. The van der Waals surface area contributed by atoms with E-state index in [1.807, 2.05) is 18.2 Å². The van der Waals surface area contributed by atoms with Gasteiger partial charge in [-0.25, -0.2) is 0 Å². The summed E-state index contributed by atoms with van der Waals surface area (Å²) in [5.41, 5.74) is 7.77. The molecule has 0 atom stereocenters. The summed E-state index contributed by atoms with van der Waals surface area (Å²) in [4.78, 5) is 0. The van der Waals surface area contributed by atoms with Gasteiger partial charge in [-0.2, -0.15) is 0 Å². The van der Waals surface area contributed by atoms with Crippen molar-refractivity contribution in [2.24, 2.45) is 11.7 Å². The van der Waals surface area contributed by atoms with Gasteiger partial charge in [-0.1, -0.05) is 37.1 Å². The maximum absolute atomic E-state index is 6.31. The quantitative estimate of drug-likeness (QED) is 0.891. The van der Waals surface area contributed by atoms with Gasteiger partial charge in [-0.15, -0.1) is 0 Å². The lowest BCUT2D eigenvalue weighted by molar-refractivity contribution is 0.355. The lowest BCUT2D eigenvalue weighted by atomic mass is 10.0. The number of hydrogen-bond donors (Lipinski definition) is 1. The largest absolute Gasteiger partial charge is 0.493 e. The van der Waals surface area contributed by atoms with Crippen LogP contribution in [-0.2, 0) is 0 Å². The van der Waals surface area contributed by atoms with Crippen LogP contribution in [0.2, 0.25) is 5.02 Å². The molecule has 1 aromatic rings. The second-order valence-corrected chi connectivity index (χ2v) is 4.66. The van der Waals surface area contributed by atoms with Crippen molar-refractivity contribution in [3.8, 4) is 11.5 Å². The molecule has 0 amide bonds. The Morgan fingerprint density at radius 3 is 2.44 bits per heavy atom. The minimum atomic E-state index is 0.388. The number of methoxy groups -OCH3 is 2. The average molecular weight is 270 g/mol. The smallest absolute Gasteiger partial charge is 0.179 e. The Hall–Kier alpha value is -1.19. The highest BCUT2D eigenvalue weighted by Crippen LogP contribution is 2.38. The molecular formula is C14H20ClNO2. The minimum Gasteiger partial charge on any atom is -0.493 e. The van der Waals surface area contributed by atoms with E-state index in [4.69, 9.17) is 26.8 Å². The van der Waals surface area contributed by atoms with Gasteiger partial charge in [0.2, 0.25) is 0 Å². The Balaban J connectivity index is 3.27. The zero-order valence-electron chi connectivity index (χ0n) is 11.3. The van der Waals surface area contributed by atoms with E-state index < -0.39 is 0 Å². The molecule has 0 radical (unpaired) electrons. The topological polar surface area (TPSA) is 44.5 Å². The normalized spacial score (nSPS) is 11.8. The van der Waals surface area contributed by atoms with E-state index in [1.165, 1.54) is 0 Å². The van der Waals surface area contributed by atoms with Gasteiger partial charge in [0.15, 0.2) is 11.5 Å². The van der Waals surface area contributed by atoms with E-state index in [0.717, 1.165) is 11.1 Å². The lowest BCUT2D eigenvalue weighted by Gasteiger charge is -2.13. The van der Waals surface area contributed by atoms with Gasteiger partial charge in [0.1, 0.15) is 0 Å². The van der Waals surface area contributed by atoms with Crippen LogP contribution in [0.1, 0.15) is 19.4 Å². The van der Waals surface area contributed by atoms with E-state index in [9.17, 15) is 0 Å².